The average Bonchev–Trinajstić information content (AvgIpc) is 2.06. The van der Waals surface area contributed by atoms with Crippen LogP contribution in [-0.4, -0.2) is 30.0 Å². The van der Waals surface area contributed by atoms with Gasteiger partial charge in [-0.2, -0.15) is 0 Å². The summed E-state index contributed by atoms with van der Waals surface area (Å²) >= 11 is 3.02. The Bertz CT molecular complexity index is 480. The lowest BCUT2D eigenvalue weighted by Gasteiger charge is -2.03. The molecule has 5 nitrogen and oxygen atoms in total. The van der Waals surface area contributed by atoms with Crippen LogP contribution in [0.1, 0.15) is 0 Å². The third kappa shape index (κ3) is 3.22. The third-order valence-electron chi connectivity index (χ3n) is 1.56. The van der Waals surface area contributed by atoms with Crippen molar-refractivity contribution in [1.82, 2.24) is 9.55 Å². The zero-order valence-electron chi connectivity index (χ0n) is 7.47. The van der Waals surface area contributed by atoms with Crippen molar-refractivity contribution in [3.63, 3.8) is 0 Å². The number of aromatic nitrogens is 2. The van der Waals surface area contributed by atoms with Crippen molar-refractivity contribution < 1.29 is 8.42 Å². The largest absolute Gasteiger partial charge is 0.297 e. The first-order valence-corrected chi connectivity index (χ1v) is 6.63. The van der Waals surface area contributed by atoms with Crippen molar-refractivity contribution in [3.8, 4) is 0 Å². The molecule has 78 valence electrons. The Kier molecular flexibility index (Phi) is 3.43. The Morgan fingerprint density at radius 2 is 2.21 bits per heavy atom. The zero-order chi connectivity index (χ0) is 10.8. The number of sulfone groups is 1. The van der Waals surface area contributed by atoms with Gasteiger partial charge in [-0.05, 0) is 15.9 Å². The summed E-state index contributed by atoms with van der Waals surface area (Å²) in [7, 11) is -3.05. The second kappa shape index (κ2) is 4.22. The highest BCUT2D eigenvalue weighted by molar-refractivity contribution is 9.10. The van der Waals surface area contributed by atoms with Gasteiger partial charge in [0.15, 0.2) is 0 Å². The Balaban J connectivity index is 2.89. The molecule has 0 saturated carbocycles. The van der Waals surface area contributed by atoms with E-state index in [0.29, 0.717) is 4.47 Å². The van der Waals surface area contributed by atoms with Gasteiger partial charge in [-0.1, -0.05) is 0 Å². The van der Waals surface area contributed by atoms with Gasteiger partial charge in [-0.3, -0.25) is 9.36 Å². The molecule has 0 N–H and O–H groups in total. The minimum absolute atomic E-state index is 0.0644. The van der Waals surface area contributed by atoms with E-state index in [1.807, 2.05) is 0 Å². The summed E-state index contributed by atoms with van der Waals surface area (Å²) in [6.07, 6.45) is 3.82. The van der Waals surface area contributed by atoms with E-state index in [9.17, 15) is 13.2 Å². The average molecular weight is 281 g/mol. The zero-order valence-corrected chi connectivity index (χ0v) is 9.88. The minimum Gasteiger partial charge on any atom is -0.297 e. The highest BCUT2D eigenvalue weighted by Crippen LogP contribution is 1.98. The molecule has 0 aliphatic heterocycles. The van der Waals surface area contributed by atoms with E-state index in [-0.39, 0.29) is 17.9 Å². The predicted octanol–water partition coefficient (Wildman–Crippen LogP) is 0.0504. The molecule has 1 aromatic heterocycles. The summed E-state index contributed by atoms with van der Waals surface area (Å²) in [5, 5.41) is 0. The van der Waals surface area contributed by atoms with Crippen LogP contribution in [0, 0.1) is 0 Å². The second-order valence-corrected chi connectivity index (χ2v) is 5.98. The molecule has 0 fully saturated rings. The molecule has 0 unspecified atom stereocenters. The van der Waals surface area contributed by atoms with Crippen LogP contribution in [0.4, 0.5) is 0 Å². The molecule has 1 rings (SSSR count). The quantitative estimate of drug-likeness (QED) is 0.785. The summed E-state index contributed by atoms with van der Waals surface area (Å²) in [4.78, 5) is 15.1. The molecule has 0 saturated heterocycles. The highest BCUT2D eigenvalue weighted by Gasteiger charge is 2.05. The van der Waals surface area contributed by atoms with Gasteiger partial charge < -0.3 is 0 Å². The molecule has 0 atom stereocenters. The van der Waals surface area contributed by atoms with Gasteiger partial charge in [-0.15, -0.1) is 0 Å². The van der Waals surface area contributed by atoms with Crippen LogP contribution < -0.4 is 5.56 Å². The first-order chi connectivity index (χ1) is 6.40. The van der Waals surface area contributed by atoms with Crippen LogP contribution in [-0.2, 0) is 16.4 Å². The fourth-order valence-electron chi connectivity index (χ4n) is 0.848. The van der Waals surface area contributed by atoms with Gasteiger partial charge in [0.1, 0.15) is 14.3 Å². The standard InChI is InChI=1S/C7H9BrN2O3S/c1-14(12,13)3-2-10-5-9-4-6(8)7(10)11/h4-5H,2-3H2,1H3. The van der Waals surface area contributed by atoms with E-state index in [0.717, 1.165) is 6.26 Å². The van der Waals surface area contributed by atoms with E-state index in [1.165, 1.54) is 17.1 Å². The lowest BCUT2D eigenvalue weighted by Crippen LogP contribution is -2.24. The maximum absolute atomic E-state index is 11.4. The summed E-state index contributed by atoms with van der Waals surface area (Å²) < 4.78 is 23.3. The Hall–Kier alpha value is -0.690. The molecule has 0 spiro atoms. The maximum Gasteiger partial charge on any atom is 0.267 e. The van der Waals surface area contributed by atoms with Crippen LogP contribution in [0.2, 0.25) is 0 Å². The Morgan fingerprint density at radius 1 is 1.57 bits per heavy atom. The fraction of sp³-hybridized carbons (Fsp3) is 0.429. The number of hydrogen-bond acceptors (Lipinski definition) is 4. The van der Waals surface area contributed by atoms with E-state index >= 15 is 0 Å². The molecule has 0 bridgehead atoms. The molecular weight excluding hydrogens is 272 g/mol. The molecule has 1 heterocycles. The topological polar surface area (TPSA) is 69.0 Å². The molecule has 0 aromatic carbocycles. The van der Waals surface area contributed by atoms with Crippen LogP contribution >= 0.6 is 15.9 Å². The second-order valence-electron chi connectivity index (χ2n) is 2.87. The SMILES string of the molecule is CS(=O)(=O)CCn1cncc(Br)c1=O. The van der Waals surface area contributed by atoms with Crippen LogP contribution in [0.5, 0.6) is 0 Å². The van der Waals surface area contributed by atoms with Gasteiger partial charge in [0, 0.05) is 19.0 Å². The molecule has 0 amide bonds. The molecule has 7 heteroatoms. The smallest absolute Gasteiger partial charge is 0.267 e. The van der Waals surface area contributed by atoms with Crippen molar-refractivity contribution in [2.24, 2.45) is 0 Å². The number of rotatable bonds is 3. The van der Waals surface area contributed by atoms with Crippen LogP contribution in [0.15, 0.2) is 21.8 Å². The third-order valence-corrected chi connectivity index (χ3v) is 3.03. The first-order valence-electron chi connectivity index (χ1n) is 3.78. The van der Waals surface area contributed by atoms with Crippen molar-refractivity contribution >= 4 is 25.8 Å². The van der Waals surface area contributed by atoms with Crippen molar-refractivity contribution in [2.75, 3.05) is 12.0 Å². The highest BCUT2D eigenvalue weighted by atomic mass is 79.9. The van der Waals surface area contributed by atoms with Gasteiger partial charge >= 0.3 is 0 Å². The predicted molar refractivity (Wildman–Crippen MR) is 55.9 cm³/mol. The monoisotopic (exact) mass is 280 g/mol. The molecule has 0 radical (unpaired) electrons. The van der Waals surface area contributed by atoms with Crippen LogP contribution in [0.3, 0.4) is 0 Å². The van der Waals surface area contributed by atoms with E-state index in [1.54, 1.807) is 0 Å². The van der Waals surface area contributed by atoms with Crippen molar-refractivity contribution in [2.45, 2.75) is 6.54 Å². The van der Waals surface area contributed by atoms with Gasteiger partial charge in [0.2, 0.25) is 0 Å². The van der Waals surface area contributed by atoms with Crippen molar-refractivity contribution in [1.29, 1.82) is 0 Å². The minimum atomic E-state index is -3.05. The Morgan fingerprint density at radius 3 is 2.79 bits per heavy atom. The number of aryl methyl sites for hydroxylation is 1. The summed E-state index contributed by atoms with van der Waals surface area (Å²) in [6.45, 7) is 0.129. The first kappa shape index (κ1) is 11.4. The molecule has 0 aliphatic carbocycles. The number of nitrogens with zero attached hydrogens (tertiary/aromatic N) is 2. The molecule has 1 aromatic rings. The summed E-state index contributed by atoms with van der Waals surface area (Å²) in [5.41, 5.74) is -0.274. The van der Waals surface area contributed by atoms with E-state index in [4.69, 9.17) is 0 Å². The molecular formula is C7H9BrN2O3S. The normalized spacial score (nSPS) is 11.6. The lowest BCUT2D eigenvalue weighted by atomic mass is 10.6. The van der Waals surface area contributed by atoms with Gasteiger partial charge in [0.25, 0.3) is 5.56 Å². The lowest BCUT2D eigenvalue weighted by molar-refractivity contribution is 0.591. The number of hydrogen-bond donors (Lipinski definition) is 0. The summed E-state index contributed by atoms with van der Waals surface area (Å²) in [6, 6.07) is 0. The molecule has 14 heavy (non-hydrogen) atoms. The van der Waals surface area contributed by atoms with E-state index < -0.39 is 9.84 Å². The fourth-order valence-corrected chi connectivity index (χ4v) is 1.72. The van der Waals surface area contributed by atoms with Gasteiger partial charge in [-0.25, -0.2) is 13.4 Å². The maximum atomic E-state index is 11.4. The number of halogens is 1. The van der Waals surface area contributed by atoms with Crippen molar-refractivity contribution in [3.05, 3.63) is 27.4 Å². The molecule has 0 aliphatic rings. The summed E-state index contributed by atoms with van der Waals surface area (Å²) in [5.74, 6) is -0.0644. The van der Waals surface area contributed by atoms with E-state index in [2.05, 4.69) is 20.9 Å². The van der Waals surface area contributed by atoms with Crippen LogP contribution in [0.25, 0.3) is 0 Å². The van der Waals surface area contributed by atoms with Gasteiger partial charge in [0.05, 0.1) is 12.1 Å². The Labute approximate surface area is 89.8 Å².